The average molecular weight is 309 g/mol. The molecule has 0 saturated carbocycles. The molecule has 17 heavy (non-hydrogen) atoms. The standard InChI is InChI=1S/C8H15N5.3ClH.H2O/c1-3-12(4-2-9-1)5-6-13-8-10-7-11-13;;;;/h7-9H,1-6H2;3*1H;1H2. The fourth-order valence-electron chi connectivity index (χ4n) is 1.53. The zero-order valence-electron chi connectivity index (χ0n) is 9.41. The van der Waals surface area contributed by atoms with Crippen LogP contribution in [0.5, 0.6) is 0 Å². The molecule has 3 N–H and O–H groups in total. The van der Waals surface area contributed by atoms with Crippen molar-refractivity contribution in [1.82, 2.24) is 25.0 Å². The lowest BCUT2D eigenvalue weighted by Crippen LogP contribution is -2.44. The van der Waals surface area contributed by atoms with E-state index in [-0.39, 0.29) is 42.7 Å². The van der Waals surface area contributed by atoms with Gasteiger partial charge in [0.25, 0.3) is 0 Å². The number of hydrogen-bond acceptors (Lipinski definition) is 4. The lowest BCUT2D eigenvalue weighted by molar-refractivity contribution is 0.229. The highest BCUT2D eigenvalue weighted by atomic mass is 35.5. The molecular formula is C8H20Cl3N5O. The van der Waals surface area contributed by atoms with Crippen molar-refractivity contribution in [1.29, 1.82) is 0 Å². The van der Waals surface area contributed by atoms with Crippen molar-refractivity contribution in [2.45, 2.75) is 6.54 Å². The third-order valence-electron chi connectivity index (χ3n) is 2.32. The molecule has 1 aliphatic heterocycles. The Kier molecular flexibility index (Phi) is 16.1. The van der Waals surface area contributed by atoms with E-state index >= 15 is 0 Å². The summed E-state index contributed by atoms with van der Waals surface area (Å²) in [6, 6.07) is 0. The second-order valence-corrected chi connectivity index (χ2v) is 3.25. The Labute approximate surface area is 120 Å². The van der Waals surface area contributed by atoms with Crippen LogP contribution in [0.15, 0.2) is 12.7 Å². The number of nitrogens with zero attached hydrogens (tertiary/aromatic N) is 4. The summed E-state index contributed by atoms with van der Waals surface area (Å²) in [5, 5.41) is 7.40. The summed E-state index contributed by atoms with van der Waals surface area (Å²) in [4.78, 5) is 6.35. The SMILES string of the molecule is Cl.Cl.Cl.O.c1ncn(CCN2CCNCC2)n1. The third kappa shape index (κ3) is 7.75. The Morgan fingerprint density at radius 3 is 2.24 bits per heavy atom. The van der Waals surface area contributed by atoms with Crippen LogP contribution in [0.2, 0.25) is 0 Å². The molecule has 104 valence electrons. The number of halogens is 3. The van der Waals surface area contributed by atoms with E-state index in [4.69, 9.17) is 0 Å². The van der Waals surface area contributed by atoms with Gasteiger partial charge in [0.15, 0.2) is 0 Å². The van der Waals surface area contributed by atoms with E-state index in [1.165, 1.54) is 0 Å². The van der Waals surface area contributed by atoms with Crippen molar-refractivity contribution in [3.63, 3.8) is 0 Å². The molecule has 9 heteroatoms. The van der Waals surface area contributed by atoms with Gasteiger partial charge in [-0.25, -0.2) is 4.98 Å². The summed E-state index contributed by atoms with van der Waals surface area (Å²) in [5.74, 6) is 0. The number of nitrogens with one attached hydrogen (secondary N) is 1. The van der Waals surface area contributed by atoms with E-state index < -0.39 is 0 Å². The van der Waals surface area contributed by atoms with Gasteiger partial charge in [0.1, 0.15) is 12.7 Å². The van der Waals surface area contributed by atoms with Crippen molar-refractivity contribution < 1.29 is 5.48 Å². The molecule has 1 aliphatic rings. The van der Waals surface area contributed by atoms with Gasteiger partial charge in [0, 0.05) is 32.7 Å². The highest BCUT2D eigenvalue weighted by Gasteiger charge is 2.08. The molecule has 0 atom stereocenters. The first-order valence-corrected chi connectivity index (χ1v) is 4.70. The zero-order chi connectivity index (χ0) is 8.93. The highest BCUT2D eigenvalue weighted by Crippen LogP contribution is 1.92. The van der Waals surface area contributed by atoms with Crippen LogP contribution in [0.25, 0.3) is 0 Å². The van der Waals surface area contributed by atoms with Gasteiger partial charge in [-0.15, -0.1) is 37.2 Å². The van der Waals surface area contributed by atoms with Crippen LogP contribution in [0.1, 0.15) is 0 Å². The Hall–Kier alpha value is -0.110. The second-order valence-electron chi connectivity index (χ2n) is 3.25. The van der Waals surface area contributed by atoms with Crippen LogP contribution in [0.4, 0.5) is 0 Å². The van der Waals surface area contributed by atoms with Gasteiger partial charge in [0.2, 0.25) is 0 Å². The average Bonchev–Trinajstić information content (AvgIpc) is 2.69. The summed E-state index contributed by atoms with van der Waals surface area (Å²) in [6.07, 6.45) is 3.35. The molecule has 0 unspecified atom stereocenters. The summed E-state index contributed by atoms with van der Waals surface area (Å²) >= 11 is 0. The topological polar surface area (TPSA) is 77.5 Å². The number of piperazine rings is 1. The second kappa shape index (κ2) is 12.3. The molecule has 0 amide bonds. The summed E-state index contributed by atoms with van der Waals surface area (Å²) in [7, 11) is 0. The molecule has 0 bridgehead atoms. The smallest absolute Gasteiger partial charge is 0.137 e. The Morgan fingerprint density at radius 1 is 1.06 bits per heavy atom. The molecule has 2 heterocycles. The minimum atomic E-state index is 0. The van der Waals surface area contributed by atoms with E-state index in [2.05, 4.69) is 20.3 Å². The van der Waals surface area contributed by atoms with Crippen LogP contribution >= 0.6 is 37.2 Å². The summed E-state index contributed by atoms with van der Waals surface area (Å²) < 4.78 is 1.88. The fraction of sp³-hybridized carbons (Fsp3) is 0.750. The Bertz CT molecular complexity index is 243. The van der Waals surface area contributed by atoms with Gasteiger partial charge in [0.05, 0.1) is 6.54 Å². The quantitative estimate of drug-likeness (QED) is 0.826. The largest absolute Gasteiger partial charge is 0.412 e. The molecular weight excluding hydrogens is 288 g/mol. The van der Waals surface area contributed by atoms with Crippen LogP contribution in [0.3, 0.4) is 0 Å². The molecule has 0 spiro atoms. The molecule has 0 radical (unpaired) electrons. The predicted molar refractivity (Wildman–Crippen MR) is 74.7 cm³/mol. The first kappa shape index (κ1) is 22.1. The molecule has 0 aliphatic carbocycles. The first-order valence-electron chi connectivity index (χ1n) is 4.70. The lowest BCUT2D eigenvalue weighted by Gasteiger charge is -2.26. The van der Waals surface area contributed by atoms with Gasteiger partial charge < -0.3 is 10.8 Å². The molecule has 1 fully saturated rings. The van der Waals surface area contributed by atoms with Crippen LogP contribution < -0.4 is 5.32 Å². The van der Waals surface area contributed by atoms with Crippen molar-refractivity contribution >= 4 is 37.2 Å². The van der Waals surface area contributed by atoms with Gasteiger partial charge >= 0.3 is 0 Å². The van der Waals surface area contributed by atoms with E-state index in [1.807, 2.05) is 4.68 Å². The number of rotatable bonds is 3. The minimum Gasteiger partial charge on any atom is -0.412 e. The van der Waals surface area contributed by atoms with Crippen LogP contribution in [-0.2, 0) is 6.54 Å². The van der Waals surface area contributed by atoms with E-state index in [9.17, 15) is 0 Å². The molecule has 1 saturated heterocycles. The van der Waals surface area contributed by atoms with Crippen molar-refractivity contribution in [2.24, 2.45) is 0 Å². The number of hydrogen-bond donors (Lipinski definition) is 1. The van der Waals surface area contributed by atoms with Crippen LogP contribution in [-0.4, -0.2) is 57.9 Å². The normalized spacial score (nSPS) is 14.6. The minimum absolute atomic E-state index is 0. The first-order chi connectivity index (χ1) is 6.45. The Morgan fingerprint density at radius 2 is 1.71 bits per heavy atom. The van der Waals surface area contributed by atoms with Crippen molar-refractivity contribution in [3.8, 4) is 0 Å². The lowest BCUT2D eigenvalue weighted by atomic mass is 10.3. The predicted octanol–water partition coefficient (Wildman–Crippen LogP) is -0.376. The van der Waals surface area contributed by atoms with Gasteiger partial charge in [-0.3, -0.25) is 9.58 Å². The molecule has 2 rings (SSSR count). The molecule has 6 nitrogen and oxygen atoms in total. The van der Waals surface area contributed by atoms with Crippen LogP contribution in [0, 0.1) is 0 Å². The summed E-state index contributed by atoms with van der Waals surface area (Å²) in [5.41, 5.74) is 0. The highest BCUT2D eigenvalue weighted by molar-refractivity contribution is 5.86. The zero-order valence-corrected chi connectivity index (χ0v) is 11.9. The maximum Gasteiger partial charge on any atom is 0.137 e. The summed E-state index contributed by atoms with van der Waals surface area (Å²) in [6.45, 7) is 6.53. The molecule has 1 aromatic rings. The maximum atomic E-state index is 4.06. The Balaban J connectivity index is -0.000000490. The monoisotopic (exact) mass is 307 g/mol. The molecule has 0 aromatic carbocycles. The van der Waals surface area contributed by atoms with Gasteiger partial charge in [-0.2, -0.15) is 5.10 Å². The van der Waals surface area contributed by atoms with Gasteiger partial charge in [-0.05, 0) is 0 Å². The number of aromatic nitrogens is 3. The van der Waals surface area contributed by atoms with E-state index in [0.29, 0.717) is 0 Å². The fourth-order valence-corrected chi connectivity index (χ4v) is 1.53. The van der Waals surface area contributed by atoms with Gasteiger partial charge in [-0.1, -0.05) is 0 Å². The maximum absolute atomic E-state index is 4.06. The third-order valence-corrected chi connectivity index (χ3v) is 2.32. The van der Waals surface area contributed by atoms with Crippen molar-refractivity contribution in [3.05, 3.63) is 12.7 Å². The van der Waals surface area contributed by atoms with E-state index in [0.717, 1.165) is 39.3 Å². The van der Waals surface area contributed by atoms with E-state index in [1.54, 1.807) is 12.7 Å². The molecule has 1 aromatic heterocycles. The van der Waals surface area contributed by atoms with Crippen molar-refractivity contribution in [2.75, 3.05) is 32.7 Å².